The highest BCUT2D eigenvalue weighted by atomic mass is 16.5. The van der Waals surface area contributed by atoms with E-state index in [1.54, 1.807) is 0 Å². The van der Waals surface area contributed by atoms with Crippen LogP contribution in [0.5, 0.6) is 0 Å². The van der Waals surface area contributed by atoms with E-state index in [9.17, 15) is 9.59 Å². The predicted molar refractivity (Wildman–Crippen MR) is 84.8 cm³/mol. The number of hydrogen-bond donors (Lipinski definition) is 1. The molecule has 2 aromatic rings. The first kappa shape index (κ1) is 14.7. The molecular weight excluding hydrogens is 278 g/mol. The highest BCUT2D eigenvalue weighted by Gasteiger charge is 2.22. The van der Waals surface area contributed by atoms with Crippen LogP contribution in [0.2, 0.25) is 0 Å². The molecule has 22 heavy (non-hydrogen) atoms. The lowest BCUT2D eigenvalue weighted by molar-refractivity contribution is -0.127. The predicted octanol–water partition coefficient (Wildman–Crippen LogP) is 2.57. The molecule has 114 valence electrons. The van der Waals surface area contributed by atoms with Crippen LogP contribution in [0.1, 0.15) is 23.2 Å². The lowest BCUT2D eigenvalue weighted by Crippen LogP contribution is -2.37. The first-order valence-corrected chi connectivity index (χ1v) is 7.62. The molecule has 1 N–H and O–H groups in total. The monoisotopic (exact) mass is 297 g/mol. The van der Waals surface area contributed by atoms with Gasteiger partial charge in [-0.2, -0.15) is 0 Å². The van der Waals surface area contributed by atoms with E-state index in [1.807, 2.05) is 42.5 Å². The summed E-state index contributed by atoms with van der Waals surface area (Å²) in [6.07, 6.45) is 1.46. The van der Waals surface area contributed by atoms with E-state index in [-0.39, 0.29) is 24.2 Å². The van der Waals surface area contributed by atoms with Crippen molar-refractivity contribution in [1.29, 1.82) is 0 Å². The van der Waals surface area contributed by atoms with Crippen molar-refractivity contribution in [2.24, 2.45) is 5.92 Å². The van der Waals surface area contributed by atoms with Gasteiger partial charge in [-0.05, 0) is 23.6 Å². The third kappa shape index (κ3) is 3.17. The van der Waals surface area contributed by atoms with Crippen LogP contribution in [0.15, 0.2) is 42.5 Å². The first-order chi connectivity index (χ1) is 10.8. The SMILES string of the molecule is O=C(CNC(=O)C1CCOCC1)c1cccc2ccccc12. The van der Waals surface area contributed by atoms with Crippen molar-refractivity contribution in [3.63, 3.8) is 0 Å². The molecule has 1 aliphatic heterocycles. The Morgan fingerprint density at radius 1 is 1.05 bits per heavy atom. The maximum Gasteiger partial charge on any atom is 0.223 e. The molecule has 3 rings (SSSR count). The van der Waals surface area contributed by atoms with Crippen molar-refractivity contribution in [1.82, 2.24) is 5.32 Å². The molecule has 1 saturated heterocycles. The van der Waals surface area contributed by atoms with Gasteiger partial charge in [0.05, 0.1) is 6.54 Å². The van der Waals surface area contributed by atoms with Crippen LogP contribution in [-0.2, 0) is 9.53 Å². The molecular formula is C18H19NO3. The van der Waals surface area contributed by atoms with Crippen LogP contribution in [-0.4, -0.2) is 31.4 Å². The Kier molecular flexibility index (Phi) is 4.49. The molecule has 4 heteroatoms. The molecule has 1 aliphatic rings. The normalized spacial score (nSPS) is 15.6. The van der Waals surface area contributed by atoms with Gasteiger partial charge in [-0.1, -0.05) is 42.5 Å². The van der Waals surface area contributed by atoms with Gasteiger partial charge in [-0.3, -0.25) is 9.59 Å². The maximum atomic E-state index is 12.4. The third-order valence-electron chi connectivity index (χ3n) is 4.11. The number of fused-ring (bicyclic) bond motifs is 1. The van der Waals surface area contributed by atoms with E-state index >= 15 is 0 Å². The molecule has 0 bridgehead atoms. The van der Waals surface area contributed by atoms with Gasteiger partial charge >= 0.3 is 0 Å². The number of ether oxygens (including phenoxy) is 1. The molecule has 0 aliphatic carbocycles. The number of carbonyl (C=O) groups excluding carboxylic acids is 2. The van der Waals surface area contributed by atoms with E-state index < -0.39 is 0 Å². The molecule has 0 spiro atoms. The fraction of sp³-hybridized carbons (Fsp3) is 0.333. The van der Waals surface area contributed by atoms with E-state index in [2.05, 4.69) is 5.32 Å². The highest BCUT2D eigenvalue weighted by molar-refractivity contribution is 6.09. The average molecular weight is 297 g/mol. The van der Waals surface area contributed by atoms with Gasteiger partial charge < -0.3 is 10.1 Å². The van der Waals surface area contributed by atoms with Crippen LogP contribution in [0.25, 0.3) is 10.8 Å². The zero-order valence-corrected chi connectivity index (χ0v) is 12.4. The summed E-state index contributed by atoms with van der Waals surface area (Å²) >= 11 is 0. The molecule has 4 nitrogen and oxygen atoms in total. The van der Waals surface area contributed by atoms with Crippen molar-refractivity contribution in [3.05, 3.63) is 48.0 Å². The first-order valence-electron chi connectivity index (χ1n) is 7.62. The highest BCUT2D eigenvalue weighted by Crippen LogP contribution is 2.19. The fourth-order valence-corrected chi connectivity index (χ4v) is 2.84. The number of nitrogens with one attached hydrogen (secondary N) is 1. The molecule has 0 saturated carbocycles. The minimum absolute atomic E-state index is 0.0333. The number of ketones is 1. The van der Waals surface area contributed by atoms with Gasteiger partial charge in [0, 0.05) is 24.7 Å². The molecule has 1 heterocycles. The van der Waals surface area contributed by atoms with Gasteiger partial charge in [-0.15, -0.1) is 0 Å². The minimum Gasteiger partial charge on any atom is -0.381 e. The van der Waals surface area contributed by atoms with Crippen LogP contribution in [0, 0.1) is 5.92 Å². The number of Topliss-reactive ketones (excluding diaryl/α,β-unsaturated/α-hetero) is 1. The van der Waals surface area contributed by atoms with E-state index in [0.717, 1.165) is 23.6 Å². The van der Waals surface area contributed by atoms with Gasteiger partial charge in [0.1, 0.15) is 0 Å². The molecule has 0 atom stereocenters. The standard InChI is InChI=1S/C18H19NO3/c20-17(12-19-18(21)14-8-10-22-11-9-14)16-7-3-5-13-4-1-2-6-15(13)16/h1-7,14H,8-12H2,(H,19,21). The summed E-state index contributed by atoms with van der Waals surface area (Å²) in [4.78, 5) is 24.5. The largest absolute Gasteiger partial charge is 0.381 e. The maximum absolute atomic E-state index is 12.4. The Balaban J connectivity index is 1.67. The molecule has 1 fully saturated rings. The van der Waals surface area contributed by atoms with Gasteiger partial charge in [0.25, 0.3) is 0 Å². The summed E-state index contributed by atoms with van der Waals surface area (Å²) in [5, 5.41) is 4.73. The van der Waals surface area contributed by atoms with E-state index in [0.29, 0.717) is 18.8 Å². The molecule has 0 aromatic heterocycles. The van der Waals surface area contributed by atoms with Crippen molar-refractivity contribution in [3.8, 4) is 0 Å². The topological polar surface area (TPSA) is 55.4 Å². The van der Waals surface area contributed by atoms with Crippen LogP contribution in [0.4, 0.5) is 0 Å². The second kappa shape index (κ2) is 6.71. The third-order valence-corrected chi connectivity index (χ3v) is 4.11. The number of rotatable bonds is 4. The quantitative estimate of drug-likeness (QED) is 0.882. The minimum atomic E-state index is -0.0581. The average Bonchev–Trinajstić information content (AvgIpc) is 2.59. The lowest BCUT2D eigenvalue weighted by Gasteiger charge is -2.21. The fourth-order valence-electron chi connectivity index (χ4n) is 2.84. The summed E-state index contributed by atoms with van der Waals surface area (Å²) in [5.74, 6) is -0.136. The molecule has 2 aromatic carbocycles. The van der Waals surface area contributed by atoms with E-state index in [1.165, 1.54) is 0 Å². The molecule has 0 unspecified atom stereocenters. The summed E-state index contributed by atoms with van der Waals surface area (Å²) < 4.78 is 5.25. The van der Waals surface area contributed by atoms with Crippen molar-refractivity contribution in [2.45, 2.75) is 12.8 Å². The summed E-state index contributed by atoms with van der Waals surface area (Å²) in [6, 6.07) is 13.4. The van der Waals surface area contributed by atoms with Crippen molar-refractivity contribution in [2.75, 3.05) is 19.8 Å². The second-order valence-corrected chi connectivity index (χ2v) is 5.55. The Hall–Kier alpha value is -2.20. The Bertz CT molecular complexity index is 684. The lowest BCUT2D eigenvalue weighted by atomic mass is 9.98. The number of amides is 1. The van der Waals surface area contributed by atoms with Crippen molar-refractivity contribution < 1.29 is 14.3 Å². The smallest absolute Gasteiger partial charge is 0.223 e. The summed E-state index contributed by atoms with van der Waals surface area (Å²) in [7, 11) is 0. The van der Waals surface area contributed by atoms with Gasteiger partial charge in [0.2, 0.25) is 5.91 Å². The number of hydrogen-bond acceptors (Lipinski definition) is 3. The second-order valence-electron chi connectivity index (χ2n) is 5.55. The Labute approximate surface area is 129 Å². The van der Waals surface area contributed by atoms with Gasteiger partial charge in [0.15, 0.2) is 5.78 Å². The van der Waals surface area contributed by atoms with Crippen LogP contribution < -0.4 is 5.32 Å². The van der Waals surface area contributed by atoms with Gasteiger partial charge in [-0.25, -0.2) is 0 Å². The summed E-state index contributed by atoms with van der Waals surface area (Å²) in [5.41, 5.74) is 0.658. The zero-order valence-electron chi connectivity index (χ0n) is 12.4. The number of benzene rings is 2. The van der Waals surface area contributed by atoms with Crippen LogP contribution >= 0.6 is 0 Å². The van der Waals surface area contributed by atoms with E-state index in [4.69, 9.17) is 4.74 Å². The summed E-state index contributed by atoms with van der Waals surface area (Å²) in [6.45, 7) is 1.29. The van der Waals surface area contributed by atoms with Crippen LogP contribution in [0.3, 0.4) is 0 Å². The Morgan fingerprint density at radius 2 is 1.77 bits per heavy atom. The van der Waals surface area contributed by atoms with Crippen molar-refractivity contribution >= 4 is 22.5 Å². The zero-order chi connectivity index (χ0) is 15.4. The molecule has 1 amide bonds. The Morgan fingerprint density at radius 3 is 2.59 bits per heavy atom. The molecule has 0 radical (unpaired) electrons. The number of carbonyl (C=O) groups is 2.